The van der Waals surface area contributed by atoms with E-state index in [-0.39, 0.29) is 6.61 Å². The number of aromatic nitrogens is 2. The van der Waals surface area contributed by atoms with E-state index in [0.717, 1.165) is 13.0 Å². The molecule has 108 valence electrons. The molecule has 1 rings (SSSR count). The fraction of sp³-hybridized carbons (Fsp3) is 0.667. The zero-order chi connectivity index (χ0) is 14.1. The summed E-state index contributed by atoms with van der Waals surface area (Å²) in [6.45, 7) is 5.05. The van der Waals surface area contributed by atoms with Crippen molar-refractivity contribution in [1.82, 2.24) is 9.97 Å². The van der Waals surface area contributed by atoms with Gasteiger partial charge in [0.25, 0.3) is 6.43 Å². The molecule has 0 unspecified atom stereocenters. The fourth-order valence-electron chi connectivity index (χ4n) is 1.37. The molecule has 1 aromatic heterocycles. The van der Waals surface area contributed by atoms with Crippen molar-refractivity contribution in [1.29, 1.82) is 0 Å². The Morgan fingerprint density at radius 2 is 1.89 bits per heavy atom. The van der Waals surface area contributed by atoms with E-state index in [1.807, 2.05) is 13.8 Å². The monoisotopic (exact) mass is 274 g/mol. The van der Waals surface area contributed by atoms with E-state index in [4.69, 9.17) is 4.74 Å². The molecule has 1 aromatic rings. The zero-order valence-corrected chi connectivity index (χ0v) is 11.2. The third kappa shape index (κ3) is 6.28. The quantitative estimate of drug-likeness (QED) is 0.724. The normalized spacial score (nSPS) is 10.8. The van der Waals surface area contributed by atoms with Gasteiger partial charge in [-0.15, -0.1) is 0 Å². The minimum absolute atomic E-state index is 0.265. The van der Waals surface area contributed by atoms with Crippen LogP contribution < -0.4 is 10.6 Å². The van der Waals surface area contributed by atoms with Gasteiger partial charge in [0.05, 0.1) is 6.54 Å². The molecule has 0 saturated heterocycles. The van der Waals surface area contributed by atoms with Crippen molar-refractivity contribution in [2.45, 2.75) is 33.3 Å². The minimum Gasteiger partial charge on any atom is -0.374 e. The predicted octanol–water partition coefficient (Wildman–Crippen LogP) is 2.51. The molecule has 2 N–H and O–H groups in total. The van der Waals surface area contributed by atoms with E-state index >= 15 is 0 Å². The molecule has 0 aliphatic carbocycles. The molecule has 0 spiro atoms. The minimum atomic E-state index is -2.42. The number of halogens is 2. The van der Waals surface area contributed by atoms with Gasteiger partial charge in [-0.3, -0.25) is 0 Å². The highest BCUT2D eigenvalue weighted by Gasteiger charge is 2.07. The Labute approximate surface area is 111 Å². The van der Waals surface area contributed by atoms with Crippen LogP contribution in [0.2, 0.25) is 0 Å². The smallest absolute Gasteiger partial charge is 0.255 e. The van der Waals surface area contributed by atoms with Crippen LogP contribution in [-0.2, 0) is 11.3 Å². The van der Waals surface area contributed by atoms with E-state index in [1.54, 1.807) is 6.07 Å². The number of rotatable bonds is 9. The van der Waals surface area contributed by atoms with Crippen LogP contribution in [0.1, 0.15) is 26.1 Å². The first-order chi connectivity index (χ1) is 9.15. The molecule has 0 bridgehead atoms. The van der Waals surface area contributed by atoms with Gasteiger partial charge in [0.2, 0.25) is 0 Å². The molecule has 0 aromatic carbocycles. The second-order valence-corrected chi connectivity index (χ2v) is 3.89. The summed E-state index contributed by atoms with van der Waals surface area (Å²) in [5.41, 5.74) is 0. The summed E-state index contributed by atoms with van der Waals surface area (Å²) < 4.78 is 29.6. The molecule has 19 heavy (non-hydrogen) atoms. The molecule has 0 aliphatic rings. The molecule has 0 radical (unpaired) electrons. The Kier molecular flexibility index (Phi) is 7.02. The molecule has 0 fully saturated rings. The molecule has 7 heteroatoms. The molecule has 1 heterocycles. The highest BCUT2D eigenvalue weighted by molar-refractivity contribution is 5.47. The predicted molar refractivity (Wildman–Crippen MR) is 70.6 cm³/mol. The highest BCUT2D eigenvalue weighted by Crippen LogP contribution is 2.12. The van der Waals surface area contributed by atoms with Crippen molar-refractivity contribution in [3.8, 4) is 0 Å². The lowest BCUT2D eigenvalue weighted by molar-refractivity contribution is 0.128. The highest BCUT2D eigenvalue weighted by atomic mass is 19.3. The second kappa shape index (κ2) is 8.58. The summed E-state index contributed by atoms with van der Waals surface area (Å²) >= 11 is 0. The summed E-state index contributed by atoms with van der Waals surface area (Å²) in [4.78, 5) is 8.39. The lowest BCUT2D eigenvalue weighted by atomic mass is 10.4. The number of nitrogens with zero attached hydrogens (tertiary/aromatic N) is 2. The first kappa shape index (κ1) is 15.6. The summed E-state index contributed by atoms with van der Waals surface area (Å²) in [7, 11) is 0. The summed E-state index contributed by atoms with van der Waals surface area (Å²) in [5.74, 6) is 1.46. The molecule has 0 amide bonds. The zero-order valence-electron chi connectivity index (χ0n) is 11.2. The van der Waals surface area contributed by atoms with Crippen LogP contribution in [0.5, 0.6) is 0 Å². The Morgan fingerprint density at radius 3 is 2.47 bits per heavy atom. The topological polar surface area (TPSA) is 59.1 Å². The van der Waals surface area contributed by atoms with E-state index in [0.29, 0.717) is 24.1 Å². The maximum atomic E-state index is 12.2. The number of hydrogen-bond donors (Lipinski definition) is 2. The van der Waals surface area contributed by atoms with Crippen LogP contribution in [0.25, 0.3) is 0 Å². The summed E-state index contributed by atoms with van der Waals surface area (Å²) in [6.07, 6.45) is -1.47. The van der Waals surface area contributed by atoms with Gasteiger partial charge in [0.1, 0.15) is 18.2 Å². The molecular weight excluding hydrogens is 254 g/mol. The van der Waals surface area contributed by atoms with Gasteiger partial charge in [-0.1, -0.05) is 6.92 Å². The molecule has 0 aliphatic heterocycles. The van der Waals surface area contributed by atoms with Crippen LogP contribution in [0, 0.1) is 0 Å². The Hall–Kier alpha value is -1.50. The number of ether oxygens (including phenoxy) is 1. The van der Waals surface area contributed by atoms with Crippen LogP contribution in [0.15, 0.2) is 6.07 Å². The SMILES string of the molecule is CCCNc1cc(NCC(F)F)nc(COCC)n1. The van der Waals surface area contributed by atoms with E-state index in [2.05, 4.69) is 20.6 Å². The van der Waals surface area contributed by atoms with Crippen LogP contribution >= 0.6 is 0 Å². The maximum absolute atomic E-state index is 12.2. The van der Waals surface area contributed by atoms with Crippen molar-refractivity contribution < 1.29 is 13.5 Å². The first-order valence-corrected chi connectivity index (χ1v) is 6.37. The van der Waals surface area contributed by atoms with Crippen molar-refractivity contribution in [2.75, 3.05) is 30.3 Å². The van der Waals surface area contributed by atoms with Gasteiger partial charge in [-0.25, -0.2) is 18.7 Å². The standard InChI is InChI=1S/C12H20F2N4O/c1-3-5-15-10-6-11(16-7-9(13)14)18-12(17-10)8-19-4-2/h6,9H,3-5,7-8H2,1-2H3,(H2,15,16,17,18). The largest absolute Gasteiger partial charge is 0.374 e. The number of hydrogen-bond acceptors (Lipinski definition) is 5. The second-order valence-electron chi connectivity index (χ2n) is 3.89. The first-order valence-electron chi connectivity index (χ1n) is 6.37. The van der Waals surface area contributed by atoms with Gasteiger partial charge >= 0.3 is 0 Å². The third-order valence-corrected chi connectivity index (χ3v) is 2.20. The number of alkyl halides is 2. The lowest BCUT2D eigenvalue weighted by Gasteiger charge is -2.10. The maximum Gasteiger partial charge on any atom is 0.255 e. The van der Waals surface area contributed by atoms with Gasteiger partial charge in [0.15, 0.2) is 5.82 Å². The number of anilines is 2. The third-order valence-electron chi connectivity index (χ3n) is 2.20. The van der Waals surface area contributed by atoms with Crippen molar-refractivity contribution in [3.63, 3.8) is 0 Å². The molecule has 0 saturated carbocycles. The fourth-order valence-corrected chi connectivity index (χ4v) is 1.37. The molecule has 0 atom stereocenters. The van der Waals surface area contributed by atoms with Gasteiger partial charge in [-0.05, 0) is 13.3 Å². The summed E-state index contributed by atoms with van der Waals surface area (Å²) in [6, 6.07) is 1.62. The van der Waals surface area contributed by atoms with Gasteiger partial charge in [0, 0.05) is 19.2 Å². The summed E-state index contributed by atoms with van der Waals surface area (Å²) in [5, 5.41) is 5.69. The Morgan fingerprint density at radius 1 is 1.21 bits per heavy atom. The van der Waals surface area contributed by atoms with E-state index < -0.39 is 13.0 Å². The average molecular weight is 274 g/mol. The van der Waals surface area contributed by atoms with Gasteiger partial charge in [-0.2, -0.15) is 0 Å². The van der Waals surface area contributed by atoms with Crippen LogP contribution in [0.3, 0.4) is 0 Å². The van der Waals surface area contributed by atoms with Crippen molar-refractivity contribution in [2.24, 2.45) is 0 Å². The van der Waals surface area contributed by atoms with E-state index in [1.165, 1.54) is 0 Å². The number of nitrogens with one attached hydrogen (secondary N) is 2. The Bertz CT molecular complexity index is 350. The molecular formula is C12H20F2N4O. The van der Waals surface area contributed by atoms with Crippen molar-refractivity contribution in [3.05, 3.63) is 11.9 Å². The van der Waals surface area contributed by atoms with Gasteiger partial charge < -0.3 is 15.4 Å². The Balaban J connectivity index is 2.75. The van der Waals surface area contributed by atoms with E-state index in [9.17, 15) is 8.78 Å². The average Bonchev–Trinajstić information content (AvgIpc) is 2.40. The lowest BCUT2D eigenvalue weighted by Crippen LogP contribution is -2.14. The van der Waals surface area contributed by atoms with Crippen LogP contribution in [-0.4, -0.2) is 36.1 Å². The van der Waals surface area contributed by atoms with Crippen LogP contribution in [0.4, 0.5) is 20.4 Å². The van der Waals surface area contributed by atoms with Crippen molar-refractivity contribution >= 4 is 11.6 Å². The molecule has 5 nitrogen and oxygen atoms in total.